The molecule has 1 aromatic carbocycles. The number of benzene rings is 1. The first kappa shape index (κ1) is 17.5. The molecule has 1 saturated heterocycles. The van der Waals surface area contributed by atoms with E-state index in [0.29, 0.717) is 19.1 Å². The van der Waals surface area contributed by atoms with Crippen molar-refractivity contribution in [1.82, 2.24) is 14.7 Å². The molecule has 0 radical (unpaired) electrons. The highest BCUT2D eigenvalue weighted by atomic mass is 16.5. The van der Waals surface area contributed by atoms with Gasteiger partial charge in [0, 0.05) is 44.2 Å². The second-order valence-electron chi connectivity index (χ2n) is 6.55. The number of aromatic nitrogens is 2. The van der Waals surface area contributed by atoms with E-state index >= 15 is 0 Å². The van der Waals surface area contributed by atoms with Crippen LogP contribution in [0.25, 0.3) is 0 Å². The van der Waals surface area contributed by atoms with Gasteiger partial charge in [-0.3, -0.25) is 4.68 Å². The van der Waals surface area contributed by atoms with Gasteiger partial charge in [0.15, 0.2) is 0 Å². The summed E-state index contributed by atoms with van der Waals surface area (Å²) in [6.07, 6.45) is 5.96. The highest BCUT2D eigenvalue weighted by Gasteiger charge is 2.27. The van der Waals surface area contributed by atoms with Crippen LogP contribution in [0.5, 0.6) is 0 Å². The molecule has 1 aromatic heterocycles. The van der Waals surface area contributed by atoms with Gasteiger partial charge in [-0.15, -0.1) is 0 Å². The number of carbonyl (C=O) groups excluding carboxylic acids is 1. The number of amides is 2. The number of likely N-dealkylation sites (tertiary alicyclic amines) is 1. The fraction of sp³-hybridized carbons (Fsp3) is 0.474. The fourth-order valence-electron chi connectivity index (χ4n) is 3.27. The molecule has 1 atom stereocenters. The van der Waals surface area contributed by atoms with Crippen molar-refractivity contribution in [3.05, 3.63) is 47.8 Å². The number of hydrogen-bond acceptors (Lipinski definition) is 3. The highest BCUT2D eigenvalue weighted by Crippen LogP contribution is 2.22. The van der Waals surface area contributed by atoms with Gasteiger partial charge in [0.1, 0.15) is 0 Å². The van der Waals surface area contributed by atoms with Crippen LogP contribution in [0.4, 0.5) is 10.5 Å². The molecule has 2 heterocycles. The van der Waals surface area contributed by atoms with E-state index in [-0.39, 0.29) is 6.03 Å². The summed E-state index contributed by atoms with van der Waals surface area (Å²) in [6.45, 7) is 4.72. The van der Waals surface area contributed by atoms with Crippen LogP contribution < -0.4 is 5.32 Å². The van der Waals surface area contributed by atoms with E-state index in [1.165, 1.54) is 5.56 Å². The number of nitrogens with one attached hydrogen (secondary N) is 1. The fourth-order valence-corrected chi connectivity index (χ4v) is 3.27. The van der Waals surface area contributed by atoms with Crippen LogP contribution in [0.15, 0.2) is 36.7 Å². The Bertz CT molecular complexity index is 713. The molecular weight excluding hydrogens is 316 g/mol. The number of nitrogens with zero attached hydrogens (tertiary/aromatic N) is 3. The van der Waals surface area contributed by atoms with Gasteiger partial charge in [0.05, 0.1) is 12.8 Å². The van der Waals surface area contributed by atoms with Crippen molar-refractivity contribution in [3.8, 4) is 0 Å². The number of hydrogen-bond donors (Lipinski definition) is 1. The molecule has 0 aliphatic carbocycles. The minimum atomic E-state index is -0.0300. The van der Waals surface area contributed by atoms with Crippen LogP contribution in [-0.2, 0) is 24.8 Å². The van der Waals surface area contributed by atoms with Crippen LogP contribution in [0.2, 0.25) is 0 Å². The average molecular weight is 342 g/mol. The van der Waals surface area contributed by atoms with Gasteiger partial charge in [-0.05, 0) is 37.3 Å². The van der Waals surface area contributed by atoms with Gasteiger partial charge < -0.3 is 15.0 Å². The van der Waals surface area contributed by atoms with E-state index in [1.54, 1.807) is 0 Å². The standard InChI is InChI=1S/C19H26N4O2/c1-3-25-14-17-6-4-5-7-18(17)21-19(24)23-9-8-15(13-23)10-16-11-20-22(2)12-16/h4-7,11-12,15H,3,8-10,13-14H2,1-2H3,(H,21,24)/t15-/m0/s1. The van der Waals surface area contributed by atoms with Crippen molar-refractivity contribution in [1.29, 1.82) is 0 Å². The van der Waals surface area contributed by atoms with E-state index in [4.69, 9.17) is 4.74 Å². The second-order valence-corrected chi connectivity index (χ2v) is 6.55. The Hall–Kier alpha value is -2.34. The molecule has 1 aliphatic heterocycles. The van der Waals surface area contributed by atoms with Crippen molar-refractivity contribution < 1.29 is 9.53 Å². The third-order valence-electron chi connectivity index (χ3n) is 4.58. The summed E-state index contributed by atoms with van der Waals surface area (Å²) in [5.74, 6) is 0.494. The Morgan fingerprint density at radius 3 is 3.00 bits per heavy atom. The summed E-state index contributed by atoms with van der Waals surface area (Å²) in [4.78, 5) is 14.5. The van der Waals surface area contributed by atoms with Gasteiger partial charge in [-0.2, -0.15) is 5.10 Å². The number of anilines is 1. The second kappa shape index (κ2) is 8.16. The monoisotopic (exact) mass is 342 g/mol. The number of para-hydroxylation sites is 1. The average Bonchev–Trinajstić information content (AvgIpc) is 3.23. The van der Waals surface area contributed by atoms with E-state index in [0.717, 1.165) is 37.2 Å². The third-order valence-corrected chi connectivity index (χ3v) is 4.58. The van der Waals surface area contributed by atoms with Crippen LogP contribution in [0.3, 0.4) is 0 Å². The lowest BCUT2D eigenvalue weighted by Crippen LogP contribution is -2.33. The maximum absolute atomic E-state index is 12.6. The quantitative estimate of drug-likeness (QED) is 0.878. The van der Waals surface area contributed by atoms with E-state index < -0.39 is 0 Å². The Morgan fingerprint density at radius 1 is 1.40 bits per heavy atom. The van der Waals surface area contributed by atoms with Gasteiger partial charge >= 0.3 is 6.03 Å². The van der Waals surface area contributed by atoms with Crippen molar-refractivity contribution in [2.45, 2.75) is 26.4 Å². The molecule has 0 bridgehead atoms. The molecular formula is C19H26N4O2. The smallest absolute Gasteiger partial charge is 0.321 e. The lowest BCUT2D eigenvalue weighted by molar-refractivity contribution is 0.134. The van der Waals surface area contributed by atoms with E-state index in [1.807, 2.05) is 60.2 Å². The predicted octanol–water partition coefficient (Wildman–Crippen LogP) is 3.05. The Morgan fingerprint density at radius 2 is 2.24 bits per heavy atom. The maximum atomic E-state index is 12.6. The van der Waals surface area contributed by atoms with Crippen LogP contribution in [0, 0.1) is 5.92 Å². The van der Waals surface area contributed by atoms with Crippen molar-refractivity contribution in [2.24, 2.45) is 13.0 Å². The van der Waals surface area contributed by atoms with E-state index in [2.05, 4.69) is 10.4 Å². The number of urea groups is 1. The molecule has 0 saturated carbocycles. The summed E-state index contributed by atoms with van der Waals surface area (Å²) in [5, 5.41) is 7.26. The lowest BCUT2D eigenvalue weighted by Gasteiger charge is -2.19. The number of carbonyl (C=O) groups is 1. The molecule has 25 heavy (non-hydrogen) atoms. The largest absolute Gasteiger partial charge is 0.377 e. The minimum absolute atomic E-state index is 0.0300. The van der Waals surface area contributed by atoms with E-state index in [9.17, 15) is 4.79 Å². The molecule has 1 fully saturated rings. The number of ether oxygens (including phenoxy) is 1. The zero-order valence-electron chi connectivity index (χ0n) is 14.9. The summed E-state index contributed by atoms with van der Waals surface area (Å²) in [7, 11) is 1.93. The molecule has 2 aromatic rings. The summed E-state index contributed by atoms with van der Waals surface area (Å²) in [5.41, 5.74) is 3.07. The Kier molecular flexibility index (Phi) is 5.71. The molecule has 3 rings (SSSR count). The minimum Gasteiger partial charge on any atom is -0.377 e. The zero-order valence-corrected chi connectivity index (χ0v) is 14.9. The Balaban J connectivity index is 1.55. The van der Waals surface area contributed by atoms with Gasteiger partial charge in [0.2, 0.25) is 0 Å². The van der Waals surface area contributed by atoms with Crippen LogP contribution >= 0.6 is 0 Å². The van der Waals surface area contributed by atoms with Crippen LogP contribution in [0.1, 0.15) is 24.5 Å². The predicted molar refractivity (Wildman–Crippen MR) is 97.4 cm³/mol. The molecule has 1 aliphatic rings. The lowest BCUT2D eigenvalue weighted by atomic mass is 10.0. The first-order valence-electron chi connectivity index (χ1n) is 8.84. The highest BCUT2D eigenvalue weighted by molar-refractivity contribution is 5.90. The molecule has 0 unspecified atom stereocenters. The SMILES string of the molecule is CCOCc1ccccc1NC(=O)N1CC[C@@H](Cc2cnn(C)c2)C1. The van der Waals surface area contributed by atoms with Crippen molar-refractivity contribution in [2.75, 3.05) is 25.0 Å². The third kappa shape index (κ3) is 4.60. The van der Waals surface area contributed by atoms with Crippen LogP contribution in [-0.4, -0.2) is 40.4 Å². The normalized spacial score (nSPS) is 17.0. The van der Waals surface area contributed by atoms with Gasteiger partial charge in [-0.1, -0.05) is 18.2 Å². The van der Waals surface area contributed by atoms with Crippen molar-refractivity contribution in [3.63, 3.8) is 0 Å². The summed E-state index contributed by atoms with van der Waals surface area (Å²) >= 11 is 0. The summed E-state index contributed by atoms with van der Waals surface area (Å²) in [6, 6.07) is 7.78. The Labute approximate surface area is 148 Å². The maximum Gasteiger partial charge on any atom is 0.321 e. The number of rotatable bonds is 6. The first-order chi connectivity index (χ1) is 12.2. The van der Waals surface area contributed by atoms with Gasteiger partial charge in [-0.25, -0.2) is 4.79 Å². The van der Waals surface area contributed by atoms with Gasteiger partial charge in [0.25, 0.3) is 0 Å². The molecule has 1 N–H and O–H groups in total. The molecule has 134 valence electrons. The zero-order chi connectivity index (χ0) is 17.6. The van der Waals surface area contributed by atoms with Crippen molar-refractivity contribution >= 4 is 11.7 Å². The molecule has 2 amide bonds. The molecule has 0 spiro atoms. The molecule has 6 heteroatoms. The summed E-state index contributed by atoms with van der Waals surface area (Å²) < 4.78 is 7.30. The molecule has 6 nitrogen and oxygen atoms in total. The first-order valence-corrected chi connectivity index (χ1v) is 8.84. The topological polar surface area (TPSA) is 59.4 Å². The number of aryl methyl sites for hydroxylation is 1.